The molecular weight excluding hydrogens is 328 g/mol. The van der Waals surface area contributed by atoms with Crippen LogP contribution in [0.3, 0.4) is 0 Å². The molecule has 2 aromatic rings. The van der Waals surface area contributed by atoms with E-state index in [4.69, 9.17) is 4.42 Å². The van der Waals surface area contributed by atoms with Crippen molar-refractivity contribution in [3.05, 3.63) is 60.1 Å². The number of furan rings is 1. The van der Waals surface area contributed by atoms with Gasteiger partial charge in [0, 0.05) is 39.8 Å². The number of hydrogen-bond donors (Lipinski definition) is 1. The van der Waals surface area contributed by atoms with E-state index in [1.54, 1.807) is 19.2 Å². The fraction of sp³-hybridized carbons (Fsp3) is 0.400. The number of carbonyl (C=O) groups excluding carboxylic acids is 1. The molecule has 0 saturated carbocycles. The van der Waals surface area contributed by atoms with E-state index in [0.717, 1.165) is 38.4 Å². The van der Waals surface area contributed by atoms with Crippen molar-refractivity contribution < 1.29 is 9.21 Å². The lowest BCUT2D eigenvalue weighted by atomic mass is 10.1. The van der Waals surface area contributed by atoms with Crippen molar-refractivity contribution in [2.24, 2.45) is 4.99 Å². The minimum absolute atomic E-state index is 0.0412. The predicted octanol–water partition coefficient (Wildman–Crippen LogP) is 2.25. The molecule has 1 aliphatic rings. The van der Waals surface area contributed by atoms with Gasteiger partial charge in [0.2, 0.25) is 0 Å². The number of rotatable bonds is 5. The molecule has 0 radical (unpaired) electrons. The van der Waals surface area contributed by atoms with Gasteiger partial charge in [-0.2, -0.15) is 0 Å². The summed E-state index contributed by atoms with van der Waals surface area (Å²) in [5.41, 5.74) is 1.36. The van der Waals surface area contributed by atoms with Gasteiger partial charge in [0.25, 0.3) is 5.91 Å². The van der Waals surface area contributed by atoms with Crippen LogP contribution in [0.5, 0.6) is 0 Å². The molecule has 1 saturated heterocycles. The first-order chi connectivity index (χ1) is 12.8. The van der Waals surface area contributed by atoms with Crippen LogP contribution in [-0.2, 0) is 6.42 Å². The summed E-state index contributed by atoms with van der Waals surface area (Å²) in [7, 11) is 1.81. The van der Waals surface area contributed by atoms with Gasteiger partial charge in [-0.15, -0.1) is 0 Å². The highest BCUT2D eigenvalue weighted by atomic mass is 16.3. The lowest BCUT2D eigenvalue weighted by Crippen LogP contribution is -2.53. The van der Waals surface area contributed by atoms with Gasteiger partial charge in [0.15, 0.2) is 11.7 Å². The number of nitrogens with zero attached hydrogens (tertiary/aromatic N) is 3. The molecule has 0 atom stereocenters. The first-order valence-electron chi connectivity index (χ1n) is 9.10. The van der Waals surface area contributed by atoms with Gasteiger partial charge in [0.05, 0.1) is 6.26 Å². The molecule has 0 aliphatic carbocycles. The largest absolute Gasteiger partial charge is 0.459 e. The highest BCUT2D eigenvalue weighted by Crippen LogP contribution is 2.09. The summed E-state index contributed by atoms with van der Waals surface area (Å²) in [6, 6.07) is 14.0. The van der Waals surface area contributed by atoms with E-state index in [1.165, 1.54) is 11.8 Å². The van der Waals surface area contributed by atoms with Crippen molar-refractivity contribution in [1.82, 2.24) is 15.1 Å². The molecule has 0 unspecified atom stereocenters. The monoisotopic (exact) mass is 354 g/mol. The number of nitrogens with one attached hydrogen (secondary N) is 1. The van der Waals surface area contributed by atoms with E-state index in [9.17, 15) is 4.79 Å². The minimum atomic E-state index is -0.0412. The molecule has 1 fully saturated rings. The number of aryl methyl sites for hydroxylation is 1. The molecule has 0 bridgehead atoms. The molecule has 6 nitrogen and oxygen atoms in total. The fourth-order valence-corrected chi connectivity index (χ4v) is 3.15. The van der Waals surface area contributed by atoms with Gasteiger partial charge < -0.3 is 19.5 Å². The van der Waals surface area contributed by atoms with E-state index in [-0.39, 0.29) is 5.91 Å². The number of piperazine rings is 1. The van der Waals surface area contributed by atoms with Crippen LogP contribution < -0.4 is 5.32 Å². The Bertz CT molecular complexity index is 705. The summed E-state index contributed by atoms with van der Waals surface area (Å²) in [5, 5.41) is 3.43. The van der Waals surface area contributed by atoms with Gasteiger partial charge >= 0.3 is 0 Å². The maximum Gasteiger partial charge on any atom is 0.289 e. The highest BCUT2D eigenvalue weighted by Gasteiger charge is 2.24. The Kier molecular flexibility index (Phi) is 6.30. The standard InChI is InChI=1S/C20H26N4O2/c1-21-20(22-11-5-9-17-7-3-2-4-8-17)24-14-12-23(13-15-24)19(25)18-10-6-16-26-18/h2-4,6-8,10,16H,5,9,11-15H2,1H3,(H,21,22). The summed E-state index contributed by atoms with van der Waals surface area (Å²) in [6.07, 6.45) is 3.64. The zero-order valence-electron chi connectivity index (χ0n) is 15.2. The Morgan fingerprint density at radius 1 is 1.08 bits per heavy atom. The van der Waals surface area contributed by atoms with Gasteiger partial charge in [0.1, 0.15) is 0 Å². The van der Waals surface area contributed by atoms with Crippen molar-refractivity contribution in [2.45, 2.75) is 12.8 Å². The molecule has 1 N–H and O–H groups in total. The number of hydrogen-bond acceptors (Lipinski definition) is 3. The Labute approximate surface area is 154 Å². The average Bonchev–Trinajstić information content (AvgIpc) is 3.23. The van der Waals surface area contributed by atoms with E-state index in [1.807, 2.05) is 11.0 Å². The molecule has 1 aromatic heterocycles. The predicted molar refractivity (Wildman–Crippen MR) is 102 cm³/mol. The second-order valence-electron chi connectivity index (χ2n) is 6.32. The van der Waals surface area contributed by atoms with Gasteiger partial charge in [-0.3, -0.25) is 9.79 Å². The molecule has 1 aromatic carbocycles. The lowest BCUT2D eigenvalue weighted by molar-refractivity contribution is 0.0658. The van der Waals surface area contributed by atoms with Crippen molar-refractivity contribution in [2.75, 3.05) is 39.8 Å². The smallest absolute Gasteiger partial charge is 0.289 e. The summed E-state index contributed by atoms with van der Waals surface area (Å²) in [4.78, 5) is 20.7. The third-order valence-corrected chi connectivity index (χ3v) is 4.58. The minimum Gasteiger partial charge on any atom is -0.459 e. The second kappa shape index (κ2) is 9.08. The number of benzene rings is 1. The Morgan fingerprint density at radius 2 is 1.81 bits per heavy atom. The molecule has 1 amide bonds. The number of amides is 1. The molecular formula is C20H26N4O2. The van der Waals surface area contributed by atoms with Crippen LogP contribution in [0, 0.1) is 0 Å². The average molecular weight is 354 g/mol. The van der Waals surface area contributed by atoms with Crippen molar-refractivity contribution in [1.29, 1.82) is 0 Å². The van der Waals surface area contributed by atoms with Crippen LogP contribution in [0.1, 0.15) is 22.5 Å². The zero-order valence-corrected chi connectivity index (χ0v) is 15.2. The Hall–Kier alpha value is -2.76. The Morgan fingerprint density at radius 3 is 2.46 bits per heavy atom. The second-order valence-corrected chi connectivity index (χ2v) is 6.32. The van der Waals surface area contributed by atoms with E-state index in [0.29, 0.717) is 18.8 Å². The molecule has 0 spiro atoms. The maximum atomic E-state index is 12.3. The molecule has 3 rings (SSSR count). The van der Waals surface area contributed by atoms with Gasteiger partial charge in [-0.1, -0.05) is 30.3 Å². The summed E-state index contributed by atoms with van der Waals surface area (Å²) in [5.74, 6) is 1.27. The number of guanidine groups is 1. The molecule has 2 heterocycles. The third-order valence-electron chi connectivity index (χ3n) is 4.58. The normalized spacial score (nSPS) is 15.2. The zero-order chi connectivity index (χ0) is 18.2. The van der Waals surface area contributed by atoms with Crippen LogP contribution in [0.15, 0.2) is 58.1 Å². The molecule has 1 aliphatic heterocycles. The maximum absolute atomic E-state index is 12.3. The third kappa shape index (κ3) is 4.65. The molecule has 138 valence electrons. The van der Waals surface area contributed by atoms with Crippen LogP contribution in [0.4, 0.5) is 0 Å². The van der Waals surface area contributed by atoms with Crippen molar-refractivity contribution in [3.63, 3.8) is 0 Å². The topological polar surface area (TPSA) is 61.1 Å². The summed E-state index contributed by atoms with van der Waals surface area (Å²) in [6.45, 7) is 3.76. The van der Waals surface area contributed by atoms with Crippen molar-refractivity contribution in [3.8, 4) is 0 Å². The summed E-state index contributed by atoms with van der Waals surface area (Å²) >= 11 is 0. The van der Waals surface area contributed by atoms with Gasteiger partial charge in [-0.05, 0) is 30.5 Å². The Balaban J connectivity index is 1.41. The SMILES string of the molecule is CN=C(NCCCc1ccccc1)N1CCN(C(=O)c2ccco2)CC1. The number of carbonyl (C=O) groups is 1. The van der Waals surface area contributed by atoms with Crippen LogP contribution >= 0.6 is 0 Å². The number of aliphatic imine (C=N–C) groups is 1. The van der Waals surface area contributed by atoms with Gasteiger partial charge in [-0.25, -0.2) is 0 Å². The molecule has 26 heavy (non-hydrogen) atoms. The van der Waals surface area contributed by atoms with E-state index >= 15 is 0 Å². The van der Waals surface area contributed by atoms with Crippen LogP contribution in [0.2, 0.25) is 0 Å². The van der Waals surface area contributed by atoms with Crippen LogP contribution in [-0.4, -0.2) is 61.4 Å². The molecule has 6 heteroatoms. The van der Waals surface area contributed by atoms with E-state index in [2.05, 4.69) is 39.5 Å². The van der Waals surface area contributed by atoms with Crippen LogP contribution in [0.25, 0.3) is 0 Å². The quantitative estimate of drug-likeness (QED) is 0.508. The highest BCUT2D eigenvalue weighted by molar-refractivity contribution is 5.91. The van der Waals surface area contributed by atoms with E-state index < -0.39 is 0 Å². The first kappa shape index (κ1) is 18.0. The van der Waals surface area contributed by atoms with Crippen molar-refractivity contribution >= 4 is 11.9 Å². The first-order valence-corrected chi connectivity index (χ1v) is 9.10. The summed E-state index contributed by atoms with van der Waals surface area (Å²) < 4.78 is 5.21. The lowest BCUT2D eigenvalue weighted by Gasteiger charge is -2.36. The fourth-order valence-electron chi connectivity index (χ4n) is 3.15.